The van der Waals surface area contributed by atoms with E-state index in [1.807, 2.05) is 0 Å². The molecule has 7 heteroatoms. The second-order valence-electron chi connectivity index (χ2n) is 4.13. The molecule has 2 rings (SSSR count). The molecule has 0 bridgehead atoms. The number of aromatic carboxylic acids is 1. The first-order chi connectivity index (χ1) is 9.40. The number of hydrogen-bond acceptors (Lipinski definition) is 4. The van der Waals surface area contributed by atoms with Crippen LogP contribution in [0.4, 0.5) is 21.6 Å². The smallest absolute Gasteiger partial charge is 0.337 e. The molecule has 4 N–H and O–H groups in total. The molecule has 1 aromatic carbocycles. The molecule has 0 aliphatic rings. The molecule has 2 aromatic rings. The van der Waals surface area contributed by atoms with Crippen molar-refractivity contribution in [2.24, 2.45) is 0 Å². The van der Waals surface area contributed by atoms with Gasteiger partial charge in [0.25, 0.3) is 0 Å². The number of nitrogens with one attached hydrogen (secondary N) is 1. The van der Waals surface area contributed by atoms with Gasteiger partial charge in [0.2, 0.25) is 0 Å². The molecular formula is C13H11BrFN3O2. The van der Waals surface area contributed by atoms with Crippen LogP contribution in [0.5, 0.6) is 0 Å². The van der Waals surface area contributed by atoms with Crippen molar-refractivity contribution in [2.45, 2.75) is 6.92 Å². The molecule has 0 saturated carbocycles. The predicted molar refractivity (Wildman–Crippen MR) is 77.7 cm³/mol. The minimum absolute atomic E-state index is 0.00252. The zero-order chi connectivity index (χ0) is 14.9. The fraction of sp³-hybridized carbons (Fsp3) is 0.0769. The van der Waals surface area contributed by atoms with E-state index >= 15 is 0 Å². The quantitative estimate of drug-likeness (QED) is 0.798. The van der Waals surface area contributed by atoms with Crippen LogP contribution in [-0.4, -0.2) is 16.1 Å². The van der Waals surface area contributed by atoms with Gasteiger partial charge in [-0.05, 0) is 46.6 Å². The molecule has 0 fully saturated rings. The number of aryl methyl sites for hydroxylation is 1. The summed E-state index contributed by atoms with van der Waals surface area (Å²) in [4.78, 5) is 15.0. The van der Waals surface area contributed by atoms with Gasteiger partial charge in [-0.15, -0.1) is 0 Å². The van der Waals surface area contributed by atoms with E-state index in [9.17, 15) is 9.18 Å². The Morgan fingerprint density at radius 2 is 2.20 bits per heavy atom. The topological polar surface area (TPSA) is 88.2 Å². The van der Waals surface area contributed by atoms with E-state index in [0.29, 0.717) is 10.2 Å². The lowest BCUT2D eigenvalue weighted by molar-refractivity contribution is 0.0698. The number of carbonyl (C=O) groups is 1. The van der Waals surface area contributed by atoms with Crippen molar-refractivity contribution in [3.8, 4) is 0 Å². The van der Waals surface area contributed by atoms with Gasteiger partial charge < -0.3 is 16.2 Å². The number of aromatic nitrogens is 1. The van der Waals surface area contributed by atoms with Crippen LogP contribution in [0, 0.1) is 12.7 Å². The summed E-state index contributed by atoms with van der Waals surface area (Å²) in [5.74, 6) is -1.41. The SMILES string of the molecule is Cc1cc(Br)c(F)cc1Nc1nccc(C(=O)O)c1N. The van der Waals surface area contributed by atoms with Crippen molar-refractivity contribution < 1.29 is 14.3 Å². The Morgan fingerprint density at radius 3 is 2.85 bits per heavy atom. The van der Waals surface area contributed by atoms with Crippen LogP contribution in [0.1, 0.15) is 15.9 Å². The van der Waals surface area contributed by atoms with E-state index in [4.69, 9.17) is 10.8 Å². The average Bonchev–Trinajstić information content (AvgIpc) is 2.37. The average molecular weight is 340 g/mol. The summed E-state index contributed by atoms with van der Waals surface area (Å²) in [7, 11) is 0. The van der Waals surface area contributed by atoms with Crippen LogP contribution < -0.4 is 11.1 Å². The number of benzene rings is 1. The molecule has 0 saturated heterocycles. The van der Waals surface area contributed by atoms with Gasteiger partial charge in [0.15, 0.2) is 5.82 Å². The van der Waals surface area contributed by atoms with Gasteiger partial charge in [0.05, 0.1) is 15.7 Å². The molecule has 5 nitrogen and oxygen atoms in total. The van der Waals surface area contributed by atoms with E-state index in [2.05, 4.69) is 26.2 Å². The lowest BCUT2D eigenvalue weighted by atomic mass is 10.2. The fourth-order valence-electron chi connectivity index (χ4n) is 1.67. The maximum absolute atomic E-state index is 13.5. The molecule has 0 radical (unpaired) electrons. The van der Waals surface area contributed by atoms with E-state index in [-0.39, 0.29) is 17.1 Å². The summed E-state index contributed by atoms with van der Waals surface area (Å²) in [6.45, 7) is 1.78. The highest BCUT2D eigenvalue weighted by atomic mass is 79.9. The minimum Gasteiger partial charge on any atom is -0.478 e. The van der Waals surface area contributed by atoms with E-state index in [0.717, 1.165) is 5.56 Å². The lowest BCUT2D eigenvalue weighted by Crippen LogP contribution is -2.07. The number of pyridine rings is 1. The zero-order valence-corrected chi connectivity index (χ0v) is 12.0. The Labute approximate surface area is 122 Å². The molecule has 0 unspecified atom stereocenters. The van der Waals surface area contributed by atoms with Crippen LogP contribution in [0.3, 0.4) is 0 Å². The van der Waals surface area contributed by atoms with Crippen molar-refractivity contribution in [2.75, 3.05) is 11.1 Å². The van der Waals surface area contributed by atoms with Gasteiger partial charge in [-0.25, -0.2) is 14.2 Å². The van der Waals surface area contributed by atoms with Crippen molar-refractivity contribution in [3.63, 3.8) is 0 Å². The molecule has 0 aliphatic carbocycles. The summed E-state index contributed by atoms with van der Waals surface area (Å²) in [6.07, 6.45) is 1.33. The summed E-state index contributed by atoms with van der Waals surface area (Å²) in [5, 5.41) is 11.8. The van der Waals surface area contributed by atoms with E-state index in [1.165, 1.54) is 18.3 Å². The van der Waals surface area contributed by atoms with Crippen molar-refractivity contribution in [1.82, 2.24) is 4.98 Å². The Bertz CT molecular complexity index is 692. The number of nitrogen functional groups attached to an aromatic ring is 1. The first-order valence-electron chi connectivity index (χ1n) is 5.60. The fourth-order valence-corrected chi connectivity index (χ4v) is 2.13. The van der Waals surface area contributed by atoms with Gasteiger partial charge >= 0.3 is 5.97 Å². The number of anilines is 3. The number of rotatable bonds is 3. The summed E-state index contributed by atoms with van der Waals surface area (Å²) in [6, 6.07) is 4.20. The first kappa shape index (κ1) is 14.3. The molecule has 1 aromatic heterocycles. The van der Waals surface area contributed by atoms with E-state index in [1.54, 1.807) is 13.0 Å². The number of carboxylic acids is 1. The minimum atomic E-state index is -1.15. The van der Waals surface area contributed by atoms with Crippen LogP contribution in [0.15, 0.2) is 28.9 Å². The van der Waals surface area contributed by atoms with Gasteiger partial charge in [-0.3, -0.25) is 0 Å². The molecule has 0 amide bonds. The largest absolute Gasteiger partial charge is 0.478 e. The maximum Gasteiger partial charge on any atom is 0.337 e. The van der Waals surface area contributed by atoms with Crippen molar-refractivity contribution in [3.05, 3.63) is 45.8 Å². The molecule has 104 valence electrons. The van der Waals surface area contributed by atoms with Gasteiger partial charge in [-0.1, -0.05) is 0 Å². The summed E-state index contributed by atoms with van der Waals surface area (Å²) < 4.78 is 13.9. The van der Waals surface area contributed by atoms with Gasteiger partial charge in [0, 0.05) is 11.9 Å². The zero-order valence-electron chi connectivity index (χ0n) is 10.4. The Balaban J connectivity index is 2.43. The van der Waals surface area contributed by atoms with Crippen LogP contribution >= 0.6 is 15.9 Å². The molecule has 0 aliphatic heterocycles. The van der Waals surface area contributed by atoms with Crippen LogP contribution in [0.2, 0.25) is 0 Å². The maximum atomic E-state index is 13.5. The second-order valence-corrected chi connectivity index (χ2v) is 4.99. The summed E-state index contributed by atoms with van der Waals surface area (Å²) in [5.41, 5.74) is 6.92. The molecular weight excluding hydrogens is 329 g/mol. The number of halogens is 2. The monoisotopic (exact) mass is 339 g/mol. The predicted octanol–water partition coefficient (Wildman–Crippen LogP) is 3.32. The lowest BCUT2D eigenvalue weighted by Gasteiger charge is -2.12. The third-order valence-corrected chi connectivity index (χ3v) is 3.35. The highest BCUT2D eigenvalue weighted by molar-refractivity contribution is 9.10. The first-order valence-corrected chi connectivity index (χ1v) is 6.40. The molecule has 1 heterocycles. The van der Waals surface area contributed by atoms with Crippen molar-refractivity contribution >= 4 is 39.1 Å². The molecule has 0 atom stereocenters. The number of hydrogen-bond donors (Lipinski definition) is 3. The highest BCUT2D eigenvalue weighted by Crippen LogP contribution is 2.29. The number of nitrogens with two attached hydrogens (primary N) is 1. The molecule has 20 heavy (non-hydrogen) atoms. The number of nitrogens with zero attached hydrogens (tertiary/aromatic N) is 1. The van der Waals surface area contributed by atoms with Crippen LogP contribution in [0.25, 0.3) is 0 Å². The number of carboxylic acid groups (broad SMARTS) is 1. The second kappa shape index (κ2) is 5.46. The third kappa shape index (κ3) is 2.72. The van der Waals surface area contributed by atoms with E-state index < -0.39 is 11.8 Å². The third-order valence-electron chi connectivity index (χ3n) is 2.74. The Morgan fingerprint density at radius 1 is 1.50 bits per heavy atom. The normalized spacial score (nSPS) is 10.3. The van der Waals surface area contributed by atoms with Gasteiger partial charge in [0.1, 0.15) is 5.82 Å². The summed E-state index contributed by atoms with van der Waals surface area (Å²) >= 11 is 3.09. The Kier molecular flexibility index (Phi) is 3.89. The van der Waals surface area contributed by atoms with Crippen LogP contribution in [-0.2, 0) is 0 Å². The standard InChI is InChI=1S/C13H11BrFN3O2/c1-6-4-8(14)9(15)5-10(6)18-12-11(16)7(13(19)20)2-3-17-12/h2-5H,16H2,1H3,(H,17,18)(H,19,20). The highest BCUT2D eigenvalue weighted by Gasteiger charge is 2.13. The molecule has 0 spiro atoms. The van der Waals surface area contributed by atoms with Crippen molar-refractivity contribution in [1.29, 1.82) is 0 Å². The Hall–Kier alpha value is -2.15. The van der Waals surface area contributed by atoms with Gasteiger partial charge in [-0.2, -0.15) is 0 Å².